The molecule has 0 radical (unpaired) electrons. The number of aromatic nitrogens is 2. The zero-order chi connectivity index (χ0) is 16.6. The number of hydrogen-bond donors (Lipinski definition) is 1. The van der Waals surface area contributed by atoms with Crippen molar-refractivity contribution in [3.05, 3.63) is 45.1 Å². The number of carbonyl (C=O) groups is 1. The number of hydrogen-bond acceptors (Lipinski definition) is 3. The second-order valence-electron chi connectivity index (χ2n) is 6.37. The topological polar surface area (TPSA) is 75.2 Å². The van der Waals surface area contributed by atoms with Crippen LogP contribution in [0.2, 0.25) is 0 Å². The summed E-state index contributed by atoms with van der Waals surface area (Å²) in [4.78, 5) is 42.6. The molecule has 1 aromatic heterocycles. The van der Waals surface area contributed by atoms with Crippen molar-refractivity contribution in [2.75, 3.05) is 13.1 Å². The predicted octanol–water partition coefficient (Wildman–Crippen LogP) is 1.51. The van der Waals surface area contributed by atoms with Crippen molar-refractivity contribution in [2.45, 2.75) is 32.7 Å². The minimum absolute atomic E-state index is 0.139. The number of likely N-dealkylation sites (tertiary alicyclic amines) is 1. The fourth-order valence-electron chi connectivity index (χ4n) is 3.25. The van der Waals surface area contributed by atoms with E-state index in [0.29, 0.717) is 24.0 Å². The number of para-hydroxylation sites is 1. The number of amides is 1. The van der Waals surface area contributed by atoms with E-state index in [-0.39, 0.29) is 11.8 Å². The largest absolute Gasteiger partial charge is 0.341 e. The van der Waals surface area contributed by atoms with E-state index in [4.69, 9.17) is 0 Å². The van der Waals surface area contributed by atoms with E-state index in [1.54, 1.807) is 29.2 Å². The second kappa shape index (κ2) is 6.02. The quantitative estimate of drug-likeness (QED) is 0.933. The fraction of sp³-hybridized carbons (Fsp3) is 0.471. The first-order valence-corrected chi connectivity index (χ1v) is 8.03. The molecule has 23 heavy (non-hydrogen) atoms. The molecule has 0 aliphatic carbocycles. The number of nitrogens with zero attached hydrogens (tertiary/aromatic N) is 2. The van der Waals surface area contributed by atoms with Gasteiger partial charge in [0.2, 0.25) is 5.91 Å². The summed E-state index contributed by atoms with van der Waals surface area (Å²) in [6.07, 6.45) is 1.94. The van der Waals surface area contributed by atoms with Crippen LogP contribution >= 0.6 is 0 Å². The summed E-state index contributed by atoms with van der Waals surface area (Å²) in [6.45, 7) is 5.12. The van der Waals surface area contributed by atoms with Crippen molar-refractivity contribution in [2.24, 2.45) is 5.92 Å². The van der Waals surface area contributed by atoms with E-state index in [2.05, 4.69) is 4.98 Å². The Bertz CT molecular complexity index is 844. The second-order valence-corrected chi connectivity index (χ2v) is 6.37. The van der Waals surface area contributed by atoms with E-state index in [9.17, 15) is 14.4 Å². The van der Waals surface area contributed by atoms with Crippen LogP contribution in [-0.4, -0.2) is 33.4 Å². The first-order valence-electron chi connectivity index (χ1n) is 8.03. The summed E-state index contributed by atoms with van der Waals surface area (Å²) in [5.41, 5.74) is -0.439. The SMILES string of the molecule is CC(C)C(C(=O)N1CCCC1)n1c(=O)[nH]c2ccccc2c1=O. The number of rotatable bonds is 3. The Kier molecular flexibility index (Phi) is 4.07. The van der Waals surface area contributed by atoms with Crippen LogP contribution in [0.1, 0.15) is 32.7 Å². The van der Waals surface area contributed by atoms with Crippen LogP contribution in [0.25, 0.3) is 10.9 Å². The number of H-pyrrole nitrogens is 1. The van der Waals surface area contributed by atoms with Gasteiger partial charge in [-0.1, -0.05) is 26.0 Å². The van der Waals surface area contributed by atoms with E-state index in [1.807, 2.05) is 13.8 Å². The lowest BCUT2D eigenvalue weighted by Gasteiger charge is -2.26. The summed E-state index contributed by atoms with van der Waals surface area (Å²) in [5, 5.41) is 0.423. The van der Waals surface area contributed by atoms with Crippen LogP contribution in [-0.2, 0) is 4.79 Å². The molecule has 0 saturated carbocycles. The molecule has 1 aliphatic heterocycles. The molecule has 6 nitrogen and oxygen atoms in total. The molecule has 122 valence electrons. The molecule has 1 N–H and O–H groups in total. The van der Waals surface area contributed by atoms with Gasteiger partial charge in [0.25, 0.3) is 5.56 Å². The highest BCUT2D eigenvalue weighted by atomic mass is 16.2. The molecule has 1 fully saturated rings. The molecule has 3 rings (SSSR count). The van der Waals surface area contributed by atoms with Crippen molar-refractivity contribution in [1.82, 2.24) is 14.5 Å². The van der Waals surface area contributed by atoms with Gasteiger partial charge in [-0.25, -0.2) is 9.36 Å². The third-order valence-corrected chi connectivity index (χ3v) is 4.42. The Morgan fingerprint density at radius 1 is 1.13 bits per heavy atom. The smallest absolute Gasteiger partial charge is 0.329 e. The Morgan fingerprint density at radius 2 is 1.78 bits per heavy atom. The summed E-state index contributed by atoms with van der Waals surface area (Å²) in [5.74, 6) is -0.288. The molecule has 2 heterocycles. The van der Waals surface area contributed by atoms with E-state index in [1.165, 1.54) is 0 Å². The van der Waals surface area contributed by atoms with Gasteiger partial charge in [-0.05, 0) is 30.9 Å². The number of nitrogens with one attached hydrogen (secondary N) is 1. The standard InChI is InChI=1S/C17H21N3O3/c1-11(2)14(16(22)19-9-5-6-10-19)20-15(21)12-7-3-4-8-13(12)18-17(20)23/h3-4,7-8,11,14H,5-6,9-10H2,1-2H3,(H,18,23). The molecule has 2 aromatic rings. The summed E-state index contributed by atoms with van der Waals surface area (Å²) < 4.78 is 1.09. The highest BCUT2D eigenvalue weighted by molar-refractivity contribution is 5.82. The molecule has 1 amide bonds. The van der Waals surface area contributed by atoms with Gasteiger partial charge < -0.3 is 9.88 Å². The maximum absolute atomic E-state index is 12.8. The highest BCUT2D eigenvalue weighted by Crippen LogP contribution is 2.21. The van der Waals surface area contributed by atoms with Crippen LogP contribution in [0.5, 0.6) is 0 Å². The Labute approximate surface area is 133 Å². The molecular weight excluding hydrogens is 294 g/mol. The Balaban J connectivity index is 2.17. The van der Waals surface area contributed by atoms with E-state index < -0.39 is 17.3 Å². The number of aromatic amines is 1. The molecule has 6 heteroatoms. The van der Waals surface area contributed by atoms with Crippen molar-refractivity contribution >= 4 is 16.8 Å². The van der Waals surface area contributed by atoms with Gasteiger partial charge in [-0.3, -0.25) is 9.59 Å². The van der Waals surface area contributed by atoms with E-state index >= 15 is 0 Å². The summed E-state index contributed by atoms with van der Waals surface area (Å²) in [6, 6.07) is 6.10. The maximum Gasteiger partial charge on any atom is 0.329 e. The Morgan fingerprint density at radius 3 is 2.43 bits per heavy atom. The molecular formula is C17H21N3O3. The first kappa shape index (κ1) is 15.5. The maximum atomic E-state index is 12.8. The average Bonchev–Trinajstić information content (AvgIpc) is 3.05. The van der Waals surface area contributed by atoms with E-state index in [0.717, 1.165) is 17.4 Å². The monoisotopic (exact) mass is 315 g/mol. The van der Waals surface area contributed by atoms with Crippen LogP contribution < -0.4 is 11.2 Å². The number of fused-ring (bicyclic) bond motifs is 1. The minimum atomic E-state index is -0.769. The van der Waals surface area contributed by atoms with Crippen molar-refractivity contribution in [3.63, 3.8) is 0 Å². The number of benzene rings is 1. The zero-order valence-corrected chi connectivity index (χ0v) is 13.4. The highest BCUT2D eigenvalue weighted by Gasteiger charge is 2.32. The third-order valence-electron chi connectivity index (χ3n) is 4.42. The molecule has 1 atom stereocenters. The molecule has 1 aliphatic rings. The van der Waals surface area contributed by atoms with Crippen LogP contribution in [0.15, 0.2) is 33.9 Å². The van der Waals surface area contributed by atoms with Gasteiger partial charge in [0, 0.05) is 13.1 Å². The van der Waals surface area contributed by atoms with Gasteiger partial charge >= 0.3 is 5.69 Å². The van der Waals surface area contributed by atoms with Gasteiger partial charge in [0.1, 0.15) is 6.04 Å². The molecule has 0 bridgehead atoms. The lowest BCUT2D eigenvalue weighted by molar-refractivity contribution is -0.135. The summed E-state index contributed by atoms with van der Waals surface area (Å²) in [7, 11) is 0. The van der Waals surface area contributed by atoms with Gasteiger partial charge in [0.15, 0.2) is 0 Å². The van der Waals surface area contributed by atoms with Gasteiger partial charge in [0.05, 0.1) is 10.9 Å². The molecule has 1 aromatic carbocycles. The van der Waals surface area contributed by atoms with Crippen LogP contribution in [0.4, 0.5) is 0 Å². The lowest BCUT2D eigenvalue weighted by atomic mass is 10.0. The molecule has 0 spiro atoms. The first-order chi connectivity index (χ1) is 11.0. The van der Waals surface area contributed by atoms with Gasteiger partial charge in [-0.2, -0.15) is 0 Å². The molecule has 1 saturated heterocycles. The van der Waals surface area contributed by atoms with Crippen molar-refractivity contribution in [3.8, 4) is 0 Å². The molecule has 1 unspecified atom stereocenters. The third kappa shape index (κ3) is 2.69. The Hall–Kier alpha value is -2.37. The van der Waals surface area contributed by atoms with Crippen molar-refractivity contribution < 1.29 is 4.79 Å². The van der Waals surface area contributed by atoms with Gasteiger partial charge in [-0.15, -0.1) is 0 Å². The average molecular weight is 315 g/mol. The van der Waals surface area contributed by atoms with Crippen molar-refractivity contribution in [1.29, 1.82) is 0 Å². The predicted molar refractivity (Wildman–Crippen MR) is 88.5 cm³/mol. The fourth-order valence-corrected chi connectivity index (χ4v) is 3.25. The number of carbonyl (C=O) groups excluding carboxylic acids is 1. The van der Waals surface area contributed by atoms with Crippen LogP contribution in [0, 0.1) is 5.92 Å². The summed E-state index contributed by atoms with van der Waals surface area (Å²) >= 11 is 0. The normalized spacial score (nSPS) is 16.2. The minimum Gasteiger partial charge on any atom is -0.341 e. The zero-order valence-electron chi connectivity index (χ0n) is 13.4. The lowest BCUT2D eigenvalue weighted by Crippen LogP contribution is -2.47. The van der Waals surface area contributed by atoms with Crippen LogP contribution in [0.3, 0.4) is 0 Å².